The smallest absolute Gasteiger partial charge is 0.338 e. The molecule has 0 N–H and O–H groups in total. The van der Waals surface area contributed by atoms with Crippen molar-refractivity contribution >= 4 is 21.9 Å². The molecule has 1 aromatic heterocycles. The number of carbonyl (C=O) groups is 1. The average molecular weight is 345 g/mol. The van der Waals surface area contributed by atoms with Gasteiger partial charge in [0.2, 0.25) is 0 Å². The molecule has 0 spiro atoms. The van der Waals surface area contributed by atoms with E-state index in [0.717, 1.165) is 6.20 Å². The molecule has 4 nitrogen and oxygen atoms in total. The van der Waals surface area contributed by atoms with Gasteiger partial charge in [-0.2, -0.15) is 5.10 Å². The number of nitrogens with zero attached hydrogens (tertiary/aromatic N) is 2. The first-order chi connectivity index (χ1) is 9.52. The molecule has 0 amide bonds. The van der Waals surface area contributed by atoms with Crippen LogP contribution in [0.2, 0.25) is 0 Å². The van der Waals surface area contributed by atoms with Crippen molar-refractivity contribution in [1.29, 1.82) is 0 Å². The summed E-state index contributed by atoms with van der Waals surface area (Å²) >= 11 is 3.34. The largest absolute Gasteiger partial charge is 0.465 e. The second-order valence-corrected chi connectivity index (χ2v) is 4.88. The summed E-state index contributed by atoms with van der Waals surface area (Å²) in [5.74, 6) is -0.484. The number of esters is 1. The molecule has 1 heterocycles. The van der Waals surface area contributed by atoms with Crippen LogP contribution >= 0.6 is 15.9 Å². The van der Waals surface area contributed by atoms with Gasteiger partial charge in [0.05, 0.1) is 31.0 Å². The summed E-state index contributed by atoms with van der Waals surface area (Å²) < 4.78 is 31.8. The number of alkyl halides is 2. The zero-order valence-corrected chi connectivity index (χ0v) is 12.1. The van der Waals surface area contributed by atoms with Crippen molar-refractivity contribution in [3.8, 4) is 0 Å². The van der Waals surface area contributed by atoms with E-state index >= 15 is 0 Å². The Bertz CT molecular complexity index is 629. The van der Waals surface area contributed by atoms with Crippen molar-refractivity contribution in [3.63, 3.8) is 0 Å². The van der Waals surface area contributed by atoms with Gasteiger partial charge >= 0.3 is 5.97 Å². The lowest BCUT2D eigenvalue weighted by Crippen LogP contribution is -2.10. The quantitative estimate of drug-likeness (QED) is 0.798. The van der Waals surface area contributed by atoms with Crippen LogP contribution in [0.5, 0.6) is 0 Å². The lowest BCUT2D eigenvalue weighted by atomic mass is 10.1. The van der Waals surface area contributed by atoms with Crippen LogP contribution in [0.4, 0.5) is 8.78 Å². The van der Waals surface area contributed by atoms with Gasteiger partial charge in [0.1, 0.15) is 0 Å². The third-order valence-corrected chi connectivity index (χ3v) is 3.49. The number of benzene rings is 1. The Kier molecular flexibility index (Phi) is 4.49. The summed E-state index contributed by atoms with van der Waals surface area (Å²) in [7, 11) is 1.29. The minimum absolute atomic E-state index is 0.156. The van der Waals surface area contributed by atoms with Gasteiger partial charge in [0.25, 0.3) is 6.43 Å². The number of aromatic nitrogens is 2. The Balaban J connectivity index is 2.34. The van der Waals surface area contributed by atoms with E-state index in [2.05, 4.69) is 21.0 Å². The van der Waals surface area contributed by atoms with Crippen LogP contribution in [0.25, 0.3) is 0 Å². The SMILES string of the molecule is COC(=O)c1cccc(Br)c1Cn1cc(C(F)F)cn1. The van der Waals surface area contributed by atoms with E-state index in [4.69, 9.17) is 4.74 Å². The highest BCUT2D eigenvalue weighted by Gasteiger charge is 2.16. The molecule has 2 aromatic rings. The number of ether oxygens (including phenoxy) is 1. The highest BCUT2D eigenvalue weighted by molar-refractivity contribution is 9.10. The van der Waals surface area contributed by atoms with Crippen molar-refractivity contribution in [2.24, 2.45) is 0 Å². The fourth-order valence-electron chi connectivity index (χ4n) is 1.76. The molecule has 0 aliphatic rings. The highest BCUT2D eigenvalue weighted by Crippen LogP contribution is 2.23. The molecule has 0 saturated heterocycles. The molecular weight excluding hydrogens is 334 g/mol. The third kappa shape index (κ3) is 3.04. The summed E-state index contributed by atoms with van der Waals surface area (Å²) in [5, 5.41) is 3.86. The van der Waals surface area contributed by atoms with Crippen molar-refractivity contribution < 1.29 is 18.3 Å². The van der Waals surface area contributed by atoms with Gasteiger partial charge in [-0.1, -0.05) is 22.0 Å². The Morgan fingerprint density at radius 3 is 2.85 bits per heavy atom. The molecule has 0 radical (unpaired) electrons. The zero-order valence-electron chi connectivity index (χ0n) is 10.5. The molecule has 2 rings (SSSR count). The minimum Gasteiger partial charge on any atom is -0.465 e. The van der Waals surface area contributed by atoms with E-state index in [9.17, 15) is 13.6 Å². The molecule has 0 aliphatic carbocycles. The minimum atomic E-state index is -2.57. The second-order valence-electron chi connectivity index (χ2n) is 4.03. The monoisotopic (exact) mass is 344 g/mol. The number of hydrogen-bond acceptors (Lipinski definition) is 3. The van der Waals surface area contributed by atoms with E-state index < -0.39 is 12.4 Å². The van der Waals surface area contributed by atoms with Gasteiger partial charge in [0.15, 0.2) is 0 Å². The maximum Gasteiger partial charge on any atom is 0.338 e. The molecular formula is C13H11BrF2N2O2. The fraction of sp³-hybridized carbons (Fsp3) is 0.231. The van der Waals surface area contributed by atoms with Crippen molar-refractivity contribution in [1.82, 2.24) is 9.78 Å². The van der Waals surface area contributed by atoms with Crippen LogP contribution in [0.3, 0.4) is 0 Å². The Hall–Kier alpha value is -1.76. The number of carbonyl (C=O) groups excluding carboxylic acids is 1. The van der Waals surface area contributed by atoms with Crippen LogP contribution in [-0.4, -0.2) is 22.9 Å². The summed E-state index contributed by atoms with van der Waals surface area (Å²) in [6.45, 7) is 0.193. The lowest BCUT2D eigenvalue weighted by Gasteiger charge is -2.10. The molecule has 1 aromatic carbocycles. The average Bonchev–Trinajstić information content (AvgIpc) is 2.89. The van der Waals surface area contributed by atoms with Crippen LogP contribution in [0.15, 0.2) is 35.1 Å². The molecule has 0 saturated carbocycles. The van der Waals surface area contributed by atoms with Gasteiger partial charge < -0.3 is 4.74 Å². The van der Waals surface area contributed by atoms with Crippen LogP contribution < -0.4 is 0 Å². The topological polar surface area (TPSA) is 44.1 Å². The molecule has 0 aliphatic heterocycles. The van der Waals surface area contributed by atoms with Gasteiger partial charge in [-0.15, -0.1) is 0 Å². The Labute approximate surface area is 122 Å². The summed E-state index contributed by atoms with van der Waals surface area (Å²) in [6.07, 6.45) is -0.201. The number of hydrogen-bond donors (Lipinski definition) is 0. The summed E-state index contributed by atoms with van der Waals surface area (Å²) in [4.78, 5) is 11.7. The molecule has 106 valence electrons. The molecule has 20 heavy (non-hydrogen) atoms. The first kappa shape index (κ1) is 14.6. The van der Waals surface area contributed by atoms with E-state index in [1.165, 1.54) is 18.0 Å². The van der Waals surface area contributed by atoms with Crippen LogP contribution in [0.1, 0.15) is 27.9 Å². The van der Waals surface area contributed by atoms with Gasteiger partial charge in [0, 0.05) is 16.2 Å². The third-order valence-electron chi connectivity index (χ3n) is 2.75. The van der Waals surface area contributed by atoms with E-state index in [1.54, 1.807) is 18.2 Å². The molecule has 0 atom stereocenters. The summed E-state index contributed by atoms with van der Waals surface area (Å²) in [5.41, 5.74) is 0.843. The number of methoxy groups -OCH3 is 1. The van der Waals surface area contributed by atoms with Crippen molar-refractivity contribution in [2.75, 3.05) is 7.11 Å². The van der Waals surface area contributed by atoms with E-state index in [1.807, 2.05) is 0 Å². The zero-order chi connectivity index (χ0) is 14.7. The standard InChI is InChI=1S/C13H11BrF2N2O2/c1-20-13(19)9-3-2-4-11(14)10(9)7-18-6-8(5-17-18)12(15)16/h2-6,12H,7H2,1H3. The molecule has 0 unspecified atom stereocenters. The first-order valence-corrected chi connectivity index (χ1v) is 6.48. The van der Waals surface area contributed by atoms with E-state index in [-0.39, 0.29) is 12.1 Å². The van der Waals surface area contributed by atoms with Gasteiger partial charge in [-0.25, -0.2) is 13.6 Å². The lowest BCUT2D eigenvalue weighted by molar-refractivity contribution is 0.0599. The van der Waals surface area contributed by atoms with Crippen LogP contribution in [0, 0.1) is 0 Å². The van der Waals surface area contributed by atoms with Crippen molar-refractivity contribution in [2.45, 2.75) is 13.0 Å². The Morgan fingerprint density at radius 1 is 1.50 bits per heavy atom. The predicted octanol–water partition coefficient (Wildman–Crippen LogP) is 3.42. The normalized spacial score (nSPS) is 10.8. The highest BCUT2D eigenvalue weighted by atomic mass is 79.9. The maximum absolute atomic E-state index is 12.5. The first-order valence-electron chi connectivity index (χ1n) is 5.69. The maximum atomic E-state index is 12.5. The molecule has 0 fully saturated rings. The number of halogens is 3. The Morgan fingerprint density at radius 2 is 2.25 bits per heavy atom. The predicted molar refractivity (Wildman–Crippen MR) is 71.8 cm³/mol. The van der Waals surface area contributed by atoms with Gasteiger partial charge in [-0.05, 0) is 12.1 Å². The van der Waals surface area contributed by atoms with Gasteiger partial charge in [-0.3, -0.25) is 4.68 Å². The number of rotatable bonds is 4. The van der Waals surface area contributed by atoms with E-state index in [0.29, 0.717) is 15.6 Å². The summed E-state index contributed by atoms with van der Waals surface area (Å²) in [6, 6.07) is 5.08. The molecule has 0 bridgehead atoms. The fourth-order valence-corrected chi connectivity index (χ4v) is 2.25. The molecule has 7 heteroatoms. The van der Waals surface area contributed by atoms with Crippen molar-refractivity contribution in [3.05, 3.63) is 51.8 Å². The second kappa shape index (κ2) is 6.13. The van der Waals surface area contributed by atoms with Crippen LogP contribution in [-0.2, 0) is 11.3 Å².